The van der Waals surface area contributed by atoms with E-state index in [9.17, 15) is 13.2 Å². The highest BCUT2D eigenvalue weighted by Crippen LogP contribution is 2.30. The number of benzene rings is 2. The van der Waals surface area contributed by atoms with Gasteiger partial charge in [0, 0.05) is 29.1 Å². The van der Waals surface area contributed by atoms with Gasteiger partial charge in [-0.2, -0.15) is 4.39 Å². The Morgan fingerprint density at radius 3 is 2.23 bits per heavy atom. The highest BCUT2D eigenvalue weighted by atomic mass is 19.1. The molecule has 0 aliphatic heterocycles. The van der Waals surface area contributed by atoms with Gasteiger partial charge in [-0.1, -0.05) is 0 Å². The van der Waals surface area contributed by atoms with Gasteiger partial charge in [-0.15, -0.1) is 0 Å². The number of hydrogen-bond donors (Lipinski definition) is 1. The van der Waals surface area contributed by atoms with Crippen LogP contribution in [0.15, 0.2) is 54.7 Å². The van der Waals surface area contributed by atoms with Crippen LogP contribution in [0.1, 0.15) is 0 Å². The summed E-state index contributed by atoms with van der Waals surface area (Å²) in [5.74, 6) is -1.90. The molecule has 0 saturated carbocycles. The SMILES string of the molecule is Nc1cc(-c2ccc(F)nc2)cc(-c2ccc(F)cc2F)c1. The van der Waals surface area contributed by atoms with E-state index >= 15 is 0 Å². The molecule has 0 fully saturated rings. The summed E-state index contributed by atoms with van der Waals surface area (Å²) in [5.41, 5.74) is 8.34. The van der Waals surface area contributed by atoms with Crippen molar-refractivity contribution in [3.05, 3.63) is 72.3 Å². The summed E-state index contributed by atoms with van der Waals surface area (Å²) in [7, 11) is 0. The molecule has 1 heterocycles. The average Bonchev–Trinajstić information content (AvgIpc) is 2.47. The number of aromatic nitrogens is 1. The zero-order valence-corrected chi connectivity index (χ0v) is 11.4. The summed E-state index contributed by atoms with van der Waals surface area (Å²) in [4.78, 5) is 3.59. The minimum Gasteiger partial charge on any atom is -0.399 e. The maximum atomic E-state index is 13.9. The second-order valence-corrected chi connectivity index (χ2v) is 4.84. The second kappa shape index (κ2) is 5.52. The molecule has 0 radical (unpaired) electrons. The Balaban J connectivity index is 2.12. The van der Waals surface area contributed by atoms with Gasteiger partial charge in [0.15, 0.2) is 0 Å². The minimum atomic E-state index is -0.672. The van der Waals surface area contributed by atoms with Crippen LogP contribution in [-0.2, 0) is 0 Å². The number of rotatable bonds is 2. The quantitative estimate of drug-likeness (QED) is 0.562. The summed E-state index contributed by atoms with van der Waals surface area (Å²) in [5, 5.41) is 0. The Kier molecular flexibility index (Phi) is 3.55. The van der Waals surface area contributed by atoms with E-state index in [1.807, 2.05) is 0 Å². The Morgan fingerprint density at radius 1 is 0.773 bits per heavy atom. The van der Waals surface area contributed by atoms with E-state index in [2.05, 4.69) is 4.98 Å². The van der Waals surface area contributed by atoms with Gasteiger partial charge in [-0.05, 0) is 53.6 Å². The topological polar surface area (TPSA) is 38.9 Å². The summed E-state index contributed by atoms with van der Waals surface area (Å²) >= 11 is 0. The Bertz CT molecular complexity index is 830. The number of nitrogens with two attached hydrogens (primary N) is 1. The monoisotopic (exact) mass is 300 g/mol. The molecule has 2 nitrogen and oxygen atoms in total. The highest BCUT2D eigenvalue weighted by Gasteiger charge is 2.09. The van der Waals surface area contributed by atoms with E-state index < -0.39 is 17.6 Å². The molecule has 0 unspecified atom stereocenters. The van der Waals surface area contributed by atoms with E-state index in [1.165, 1.54) is 24.4 Å². The molecular weight excluding hydrogens is 289 g/mol. The largest absolute Gasteiger partial charge is 0.399 e. The van der Waals surface area contributed by atoms with Crippen LogP contribution >= 0.6 is 0 Å². The molecule has 3 aromatic rings. The van der Waals surface area contributed by atoms with Crippen molar-refractivity contribution in [3.8, 4) is 22.3 Å². The molecule has 0 saturated heterocycles. The molecule has 0 bridgehead atoms. The van der Waals surface area contributed by atoms with E-state index in [-0.39, 0.29) is 5.56 Å². The lowest BCUT2D eigenvalue weighted by Crippen LogP contribution is -1.92. The van der Waals surface area contributed by atoms with Crippen LogP contribution in [0.4, 0.5) is 18.9 Å². The van der Waals surface area contributed by atoms with Gasteiger partial charge >= 0.3 is 0 Å². The first-order valence-electron chi connectivity index (χ1n) is 6.51. The third kappa shape index (κ3) is 2.79. The first-order chi connectivity index (χ1) is 10.5. The predicted octanol–water partition coefficient (Wildman–Crippen LogP) is 4.42. The van der Waals surface area contributed by atoms with Crippen LogP contribution in [0, 0.1) is 17.6 Å². The summed E-state index contributed by atoms with van der Waals surface area (Å²) in [6.07, 6.45) is 1.37. The Hall–Kier alpha value is -2.82. The van der Waals surface area contributed by atoms with E-state index in [1.54, 1.807) is 24.3 Å². The number of nitrogen functional groups attached to an aromatic ring is 1. The van der Waals surface area contributed by atoms with Crippen molar-refractivity contribution in [3.63, 3.8) is 0 Å². The second-order valence-electron chi connectivity index (χ2n) is 4.84. The molecule has 22 heavy (non-hydrogen) atoms. The molecule has 1 aromatic heterocycles. The lowest BCUT2D eigenvalue weighted by Gasteiger charge is -2.09. The molecule has 2 aromatic carbocycles. The average molecular weight is 300 g/mol. The molecule has 110 valence electrons. The highest BCUT2D eigenvalue weighted by molar-refractivity contribution is 5.77. The molecule has 2 N–H and O–H groups in total. The molecule has 0 aliphatic rings. The standard InChI is InChI=1S/C17H11F3N2/c18-13-2-3-15(16(19)8-13)12-5-11(6-14(21)7-12)10-1-4-17(20)22-9-10/h1-9H,21H2. The summed E-state index contributed by atoms with van der Waals surface area (Å²) < 4.78 is 39.8. The number of pyridine rings is 1. The van der Waals surface area contributed by atoms with Crippen LogP contribution in [0.25, 0.3) is 22.3 Å². The van der Waals surface area contributed by atoms with E-state index in [0.717, 1.165) is 6.07 Å². The lowest BCUT2D eigenvalue weighted by molar-refractivity contribution is 0.584. The molecule has 3 rings (SSSR count). The lowest BCUT2D eigenvalue weighted by atomic mass is 9.98. The van der Waals surface area contributed by atoms with Gasteiger partial charge in [0.2, 0.25) is 5.95 Å². The Morgan fingerprint density at radius 2 is 1.55 bits per heavy atom. The number of anilines is 1. The van der Waals surface area contributed by atoms with Crippen molar-refractivity contribution in [2.24, 2.45) is 0 Å². The van der Waals surface area contributed by atoms with Gasteiger partial charge in [-0.3, -0.25) is 0 Å². The fourth-order valence-electron chi connectivity index (χ4n) is 2.24. The van der Waals surface area contributed by atoms with Gasteiger partial charge in [-0.25, -0.2) is 13.8 Å². The van der Waals surface area contributed by atoms with Crippen molar-refractivity contribution >= 4 is 5.69 Å². The fourth-order valence-corrected chi connectivity index (χ4v) is 2.24. The molecule has 0 spiro atoms. The number of hydrogen-bond acceptors (Lipinski definition) is 2. The normalized spacial score (nSPS) is 10.7. The van der Waals surface area contributed by atoms with Crippen LogP contribution in [0.3, 0.4) is 0 Å². The fraction of sp³-hybridized carbons (Fsp3) is 0. The number of halogens is 3. The van der Waals surface area contributed by atoms with Crippen molar-refractivity contribution in [2.75, 3.05) is 5.73 Å². The summed E-state index contributed by atoms with van der Waals surface area (Å²) in [6, 6.07) is 11.1. The first-order valence-corrected chi connectivity index (χ1v) is 6.51. The van der Waals surface area contributed by atoms with E-state index in [4.69, 9.17) is 5.73 Å². The van der Waals surface area contributed by atoms with Crippen molar-refractivity contribution in [1.82, 2.24) is 4.98 Å². The van der Waals surface area contributed by atoms with Crippen LogP contribution < -0.4 is 5.73 Å². The van der Waals surface area contributed by atoms with Crippen LogP contribution in [0.2, 0.25) is 0 Å². The Labute approximate surface area is 125 Å². The zero-order valence-electron chi connectivity index (χ0n) is 11.4. The van der Waals surface area contributed by atoms with E-state index in [0.29, 0.717) is 22.4 Å². The van der Waals surface area contributed by atoms with Crippen molar-refractivity contribution in [1.29, 1.82) is 0 Å². The van der Waals surface area contributed by atoms with Crippen molar-refractivity contribution < 1.29 is 13.2 Å². The van der Waals surface area contributed by atoms with Gasteiger partial charge in [0.1, 0.15) is 11.6 Å². The maximum absolute atomic E-state index is 13.9. The van der Waals surface area contributed by atoms with Crippen LogP contribution in [0.5, 0.6) is 0 Å². The number of nitrogens with zero attached hydrogens (tertiary/aromatic N) is 1. The molecule has 0 atom stereocenters. The zero-order chi connectivity index (χ0) is 15.7. The minimum absolute atomic E-state index is 0.241. The van der Waals surface area contributed by atoms with Crippen LogP contribution in [-0.4, -0.2) is 4.98 Å². The van der Waals surface area contributed by atoms with Gasteiger partial charge < -0.3 is 5.73 Å². The predicted molar refractivity (Wildman–Crippen MR) is 79.4 cm³/mol. The van der Waals surface area contributed by atoms with Gasteiger partial charge in [0.25, 0.3) is 0 Å². The molecule has 0 aliphatic carbocycles. The molecule has 5 heteroatoms. The van der Waals surface area contributed by atoms with Gasteiger partial charge in [0.05, 0.1) is 0 Å². The third-order valence-corrected chi connectivity index (χ3v) is 3.26. The third-order valence-electron chi connectivity index (χ3n) is 3.26. The maximum Gasteiger partial charge on any atom is 0.212 e. The van der Waals surface area contributed by atoms with Crippen molar-refractivity contribution in [2.45, 2.75) is 0 Å². The summed E-state index contributed by atoms with van der Waals surface area (Å²) in [6.45, 7) is 0. The molecular formula is C17H11F3N2. The molecule has 0 amide bonds. The first kappa shape index (κ1) is 14.1. The smallest absolute Gasteiger partial charge is 0.212 e.